The van der Waals surface area contributed by atoms with Gasteiger partial charge in [-0.2, -0.15) is 0 Å². The average Bonchev–Trinajstić information content (AvgIpc) is 2.68. The molecular weight excluding hydrogens is 366 g/mol. The van der Waals surface area contributed by atoms with Crippen molar-refractivity contribution in [3.8, 4) is 5.75 Å². The van der Waals surface area contributed by atoms with E-state index in [1.807, 2.05) is 0 Å². The van der Waals surface area contributed by atoms with E-state index in [4.69, 9.17) is 16.3 Å². The maximum atomic E-state index is 12.3. The molecule has 0 radical (unpaired) electrons. The Balaban J connectivity index is 1.65. The number of hydrogen-bond donors (Lipinski definition) is 2. The lowest BCUT2D eigenvalue weighted by Gasteiger charge is -2.10. The molecule has 1 amide bonds. The highest BCUT2D eigenvalue weighted by Crippen LogP contribution is 2.22. The van der Waals surface area contributed by atoms with E-state index in [9.17, 15) is 14.7 Å². The van der Waals surface area contributed by atoms with Gasteiger partial charge in [0.1, 0.15) is 12.4 Å². The van der Waals surface area contributed by atoms with Crippen molar-refractivity contribution in [2.24, 2.45) is 0 Å². The van der Waals surface area contributed by atoms with E-state index < -0.39 is 5.97 Å². The van der Waals surface area contributed by atoms with Crippen LogP contribution in [0.3, 0.4) is 0 Å². The summed E-state index contributed by atoms with van der Waals surface area (Å²) in [4.78, 5) is 23.5. The summed E-state index contributed by atoms with van der Waals surface area (Å²) >= 11 is 6.04. The fourth-order valence-electron chi connectivity index (χ4n) is 2.48. The molecule has 6 heteroatoms. The lowest BCUT2D eigenvalue weighted by atomic mass is 10.1. The van der Waals surface area contributed by atoms with Gasteiger partial charge in [0, 0.05) is 11.1 Å². The number of aromatic carboxylic acids is 1. The minimum absolute atomic E-state index is 0.119. The zero-order valence-corrected chi connectivity index (χ0v) is 14.9. The fourth-order valence-corrected chi connectivity index (χ4v) is 2.66. The minimum Gasteiger partial charge on any atom is -0.489 e. The Labute approximate surface area is 161 Å². The molecule has 0 aliphatic carbocycles. The maximum absolute atomic E-state index is 12.3. The molecule has 0 saturated heterocycles. The van der Waals surface area contributed by atoms with Crippen molar-refractivity contribution >= 4 is 29.2 Å². The summed E-state index contributed by atoms with van der Waals surface area (Å²) in [6.07, 6.45) is 0. The van der Waals surface area contributed by atoms with Crippen LogP contribution in [0.5, 0.6) is 5.75 Å². The van der Waals surface area contributed by atoms with Crippen molar-refractivity contribution in [1.82, 2.24) is 0 Å². The Hall–Kier alpha value is -3.31. The number of carbonyl (C=O) groups excluding carboxylic acids is 1. The number of para-hydroxylation sites is 1. The topological polar surface area (TPSA) is 75.6 Å². The molecule has 0 atom stereocenters. The van der Waals surface area contributed by atoms with Crippen LogP contribution >= 0.6 is 11.6 Å². The van der Waals surface area contributed by atoms with Crippen LogP contribution in [-0.2, 0) is 6.61 Å². The number of hydrogen-bond acceptors (Lipinski definition) is 3. The van der Waals surface area contributed by atoms with Crippen molar-refractivity contribution in [2.75, 3.05) is 5.32 Å². The van der Waals surface area contributed by atoms with Gasteiger partial charge in [-0.15, -0.1) is 0 Å². The van der Waals surface area contributed by atoms with Crippen molar-refractivity contribution in [3.63, 3.8) is 0 Å². The number of benzene rings is 3. The van der Waals surface area contributed by atoms with Crippen LogP contribution in [0.1, 0.15) is 26.3 Å². The van der Waals surface area contributed by atoms with Gasteiger partial charge in [-0.25, -0.2) is 4.79 Å². The predicted molar refractivity (Wildman–Crippen MR) is 104 cm³/mol. The SMILES string of the molecule is O=C(Nc1ccccc1Cl)c1ccc(OCc2ccccc2C(=O)O)cc1. The summed E-state index contributed by atoms with van der Waals surface area (Å²) in [6, 6.07) is 20.2. The monoisotopic (exact) mass is 381 g/mol. The highest BCUT2D eigenvalue weighted by Gasteiger charge is 2.11. The largest absolute Gasteiger partial charge is 0.489 e. The number of carbonyl (C=O) groups is 2. The van der Waals surface area contributed by atoms with Crippen molar-refractivity contribution in [2.45, 2.75) is 6.61 Å². The molecule has 0 heterocycles. The maximum Gasteiger partial charge on any atom is 0.336 e. The number of ether oxygens (including phenoxy) is 1. The first-order chi connectivity index (χ1) is 13.0. The number of halogens is 1. The van der Waals surface area contributed by atoms with Gasteiger partial charge in [0.15, 0.2) is 0 Å². The molecule has 2 N–H and O–H groups in total. The van der Waals surface area contributed by atoms with E-state index >= 15 is 0 Å². The van der Waals surface area contributed by atoms with Gasteiger partial charge in [0.05, 0.1) is 16.3 Å². The molecule has 0 fully saturated rings. The third-order valence-electron chi connectivity index (χ3n) is 3.88. The molecule has 3 rings (SSSR count). The second kappa shape index (κ2) is 8.38. The van der Waals surface area contributed by atoms with Crippen LogP contribution < -0.4 is 10.1 Å². The van der Waals surface area contributed by atoms with Gasteiger partial charge >= 0.3 is 5.97 Å². The van der Waals surface area contributed by atoms with E-state index in [2.05, 4.69) is 5.32 Å². The van der Waals surface area contributed by atoms with E-state index in [-0.39, 0.29) is 18.1 Å². The number of amides is 1. The van der Waals surface area contributed by atoms with Gasteiger partial charge in [-0.05, 0) is 42.5 Å². The molecule has 0 unspecified atom stereocenters. The Kier molecular flexibility index (Phi) is 5.74. The normalized spacial score (nSPS) is 10.3. The molecule has 27 heavy (non-hydrogen) atoms. The number of nitrogens with one attached hydrogen (secondary N) is 1. The van der Waals surface area contributed by atoms with Gasteiger partial charge in [0.2, 0.25) is 0 Å². The Bertz CT molecular complexity index is 970. The smallest absolute Gasteiger partial charge is 0.336 e. The summed E-state index contributed by atoms with van der Waals surface area (Å²) in [5.74, 6) is -0.754. The van der Waals surface area contributed by atoms with Gasteiger partial charge < -0.3 is 15.2 Å². The van der Waals surface area contributed by atoms with Crippen LogP contribution in [0, 0.1) is 0 Å². The Morgan fingerprint density at radius 2 is 1.59 bits per heavy atom. The summed E-state index contributed by atoms with van der Waals surface area (Å²) in [5.41, 5.74) is 1.77. The average molecular weight is 382 g/mol. The summed E-state index contributed by atoms with van der Waals surface area (Å²) in [7, 11) is 0. The molecule has 0 bridgehead atoms. The Morgan fingerprint density at radius 1 is 0.926 bits per heavy atom. The molecule has 3 aromatic rings. The van der Waals surface area contributed by atoms with Crippen LogP contribution in [0.2, 0.25) is 5.02 Å². The van der Waals surface area contributed by atoms with Gasteiger partial charge in [-0.1, -0.05) is 41.9 Å². The number of rotatable bonds is 6. The van der Waals surface area contributed by atoms with Crippen molar-refractivity contribution in [3.05, 3.63) is 94.5 Å². The van der Waals surface area contributed by atoms with E-state index in [0.29, 0.717) is 27.6 Å². The lowest BCUT2D eigenvalue weighted by Crippen LogP contribution is -2.12. The number of anilines is 1. The second-order valence-electron chi connectivity index (χ2n) is 5.71. The standard InChI is InChI=1S/C21H16ClNO4/c22-18-7-3-4-8-19(18)23-20(24)14-9-11-16(12-10-14)27-13-15-5-1-2-6-17(15)21(25)26/h1-12H,13H2,(H,23,24)(H,25,26). The first-order valence-corrected chi connectivity index (χ1v) is 8.52. The lowest BCUT2D eigenvalue weighted by molar-refractivity contribution is 0.0693. The highest BCUT2D eigenvalue weighted by molar-refractivity contribution is 6.33. The number of carboxylic acid groups (broad SMARTS) is 1. The van der Waals surface area contributed by atoms with Crippen molar-refractivity contribution in [1.29, 1.82) is 0 Å². The first-order valence-electron chi connectivity index (χ1n) is 8.14. The van der Waals surface area contributed by atoms with Crippen LogP contribution in [-0.4, -0.2) is 17.0 Å². The quantitative estimate of drug-likeness (QED) is 0.638. The van der Waals surface area contributed by atoms with Crippen LogP contribution in [0.25, 0.3) is 0 Å². The molecule has 0 spiro atoms. The third kappa shape index (κ3) is 4.65. The van der Waals surface area contributed by atoms with Gasteiger partial charge in [-0.3, -0.25) is 4.79 Å². The third-order valence-corrected chi connectivity index (χ3v) is 4.21. The number of carboxylic acids is 1. The molecule has 0 aromatic heterocycles. The van der Waals surface area contributed by atoms with Crippen molar-refractivity contribution < 1.29 is 19.4 Å². The Morgan fingerprint density at radius 3 is 2.30 bits per heavy atom. The zero-order valence-electron chi connectivity index (χ0n) is 14.2. The molecule has 0 saturated carbocycles. The summed E-state index contributed by atoms with van der Waals surface area (Å²) in [5, 5.41) is 12.4. The van der Waals surface area contributed by atoms with E-state index in [1.165, 1.54) is 6.07 Å². The van der Waals surface area contributed by atoms with E-state index in [0.717, 1.165) is 0 Å². The molecular formula is C21H16ClNO4. The zero-order chi connectivity index (χ0) is 19.2. The van der Waals surface area contributed by atoms with Crippen LogP contribution in [0.15, 0.2) is 72.8 Å². The summed E-state index contributed by atoms with van der Waals surface area (Å²) < 4.78 is 5.64. The first kappa shape index (κ1) is 18.5. The molecule has 136 valence electrons. The fraction of sp³-hybridized carbons (Fsp3) is 0.0476. The second-order valence-corrected chi connectivity index (χ2v) is 6.12. The molecule has 3 aromatic carbocycles. The van der Waals surface area contributed by atoms with E-state index in [1.54, 1.807) is 66.7 Å². The van der Waals surface area contributed by atoms with Crippen LogP contribution in [0.4, 0.5) is 5.69 Å². The molecule has 0 aliphatic rings. The van der Waals surface area contributed by atoms with Gasteiger partial charge in [0.25, 0.3) is 5.91 Å². The highest BCUT2D eigenvalue weighted by atomic mass is 35.5. The predicted octanol–water partition coefficient (Wildman–Crippen LogP) is 4.87. The molecule has 5 nitrogen and oxygen atoms in total. The minimum atomic E-state index is -0.999. The summed E-state index contributed by atoms with van der Waals surface area (Å²) in [6.45, 7) is 0.119. The molecule has 0 aliphatic heterocycles.